The van der Waals surface area contributed by atoms with Gasteiger partial charge in [0.25, 0.3) is 0 Å². The van der Waals surface area contributed by atoms with Crippen LogP contribution in [0.3, 0.4) is 0 Å². The first-order valence-corrected chi connectivity index (χ1v) is 9.24. The van der Waals surface area contributed by atoms with E-state index in [1.165, 1.54) is 17.7 Å². The van der Waals surface area contributed by atoms with Gasteiger partial charge < -0.3 is 14.5 Å². The Bertz CT molecular complexity index is 604. The average molecular weight is 351 g/mol. The number of rotatable bonds is 1. The van der Waals surface area contributed by atoms with Crippen LogP contribution >= 0.6 is 11.6 Å². The van der Waals surface area contributed by atoms with Gasteiger partial charge in [0, 0.05) is 36.4 Å². The van der Waals surface area contributed by atoms with Crippen molar-refractivity contribution in [3.8, 4) is 0 Å². The second-order valence-corrected chi connectivity index (χ2v) is 8.20. The molecule has 0 atom stereocenters. The third-order valence-corrected chi connectivity index (χ3v) is 4.99. The molecule has 2 heterocycles. The monoisotopic (exact) mass is 350 g/mol. The Balaban J connectivity index is 1.63. The summed E-state index contributed by atoms with van der Waals surface area (Å²) in [6.07, 6.45) is 4.05. The molecular weight excluding hydrogens is 324 g/mol. The standard InChI is InChI=1S/C19H27ClN2O2/c1-19(2,3)24-18(23)21-11-8-16(9-12-21)22-10-4-5-14-13-15(20)6-7-17(14)22/h6-7,13,16H,4-5,8-12H2,1-3H3. The van der Waals surface area contributed by atoms with Gasteiger partial charge in [-0.25, -0.2) is 4.79 Å². The van der Waals surface area contributed by atoms with E-state index in [0.717, 1.165) is 43.9 Å². The van der Waals surface area contributed by atoms with Gasteiger partial charge in [0.15, 0.2) is 0 Å². The largest absolute Gasteiger partial charge is 0.444 e. The highest BCUT2D eigenvalue weighted by Crippen LogP contribution is 2.33. The molecule has 2 aliphatic rings. The second kappa shape index (κ2) is 6.83. The molecule has 0 saturated carbocycles. The van der Waals surface area contributed by atoms with E-state index < -0.39 is 5.60 Å². The first kappa shape index (κ1) is 17.4. The van der Waals surface area contributed by atoms with Crippen LogP contribution in [0.25, 0.3) is 0 Å². The number of amides is 1. The lowest BCUT2D eigenvalue weighted by Gasteiger charge is -2.42. The third-order valence-electron chi connectivity index (χ3n) is 4.75. The van der Waals surface area contributed by atoms with E-state index in [-0.39, 0.29) is 6.09 Å². The fraction of sp³-hybridized carbons (Fsp3) is 0.632. The fourth-order valence-electron chi connectivity index (χ4n) is 3.66. The number of ether oxygens (including phenoxy) is 1. The average Bonchev–Trinajstić information content (AvgIpc) is 2.52. The molecule has 1 aromatic rings. The molecule has 0 N–H and O–H groups in total. The van der Waals surface area contributed by atoms with Crippen molar-refractivity contribution in [2.45, 2.75) is 58.1 Å². The van der Waals surface area contributed by atoms with Crippen molar-refractivity contribution in [3.63, 3.8) is 0 Å². The van der Waals surface area contributed by atoms with Crippen LogP contribution < -0.4 is 4.90 Å². The summed E-state index contributed by atoms with van der Waals surface area (Å²) in [6.45, 7) is 8.35. The number of fused-ring (bicyclic) bond motifs is 1. The smallest absolute Gasteiger partial charge is 0.410 e. The molecule has 0 bridgehead atoms. The molecule has 1 aromatic carbocycles. The van der Waals surface area contributed by atoms with Gasteiger partial charge in [0.05, 0.1) is 0 Å². The van der Waals surface area contributed by atoms with E-state index in [4.69, 9.17) is 16.3 Å². The molecule has 0 spiro atoms. The zero-order valence-electron chi connectivity index (χ0n) is 14.8. The number of carbonyl (C=O) groups excluding carboxylic acids is 1. The van der Waals surface area contributed by atoms with Crippen molar-refractivity contribution < 1.29 is 9.53 Å². The molecule has 132 valence electrons. The number of benzene rings is 1. The summed E-state index contributed by atoms with van der Waals surface area (Å²) in [5, 5.41) is 0.815. The molecule has 0 unspecified atom stereocenters. The van der Waals surface area contributed by atoms with Crippen molar-refractivity contribution in [3.05, 3.63) is 28.8 Å². The van der Waals surface area contributed by atoms with Gasteiger partial charge in [-0.15, -0.1) is 0 Å². The number of nitrogens with zero attached hydrogens (tertiary/aromatic N) is 2. The minimum Gasteiger partial charge on any atom is -0.444 e. The number of anilines is 1. The van der Waals surface area contributed by atoms with Gasteiger partial charge >= 0.3 is 6.09 Å². The SMILES string of the molecule is CC(C)(C)OC(=O)N1CCC(N2CCCc3cc(Cl)ccc32)CC1. The molecule has 0 aromatic heterocycles. The molecule has 2 aliphatic heterocycles. The lowest BCUT2D eigenvalue weighted by molar-refractivity contribution is 0.0204. The molecule has 0 aliphatic carbocycles. The first-order valence-electron chi connectivity index (χ1n) is 8.86. The fourth-order valence-corrected chi connectivity index (χ4v) is 3.86. The summed E-state index contributed by atoms with van der Waals surface area (Å²) < 4.78 is 5.49. The summed E-state index contributed by atoms with van der Waals surface area (Å²) >= 11 is 6.14. The molecule has 5 heteroatoms. The number of hydrogen-bond acceptors (Lipinski definition) is 3. The van der Waals surface area contributed by atoms with Gasteiger partial charge in [-0.1, -0.05) is 11.6 Å². The van der Waals surface area contributed by atoms with Crippen LogP contribution in [0, 0.1) is 0 Å². The van der Waals surface area contributed by atoms with Crippen molar-refractivity contribution in [1.82, 2.24) is 4.90 Å². The van der Waals surface area contributed by atoms with Crippen molar-refractivity contribution >= 4 is 23.4 Å². The topological polar surface area (TPSA) is 32.8 Å². The van der Waals surface area contributed by atoms with E-state index in [1.54, 1.807) is 0 Å². The van der Waals surface area contributed by atoms with Gasteiger partial charge in [-0.05, 0) is 70.2 Å². The molecule has 0 radical (unpaired) electrons. The first-order chi connectivity index (χ1) is 11.3. The Labute approximate surface area is 149 Å². The van der Waals surface area contributed by atoms with E-state index in [1.807, 2.05) is 31.7 Å². The van der Waals surface area contributed by atoms with E-state index in [2.05, 4.69) is 17.0 Å². The third kappa shape index (κ3) is 3.97. The van der Waals surface area contributed by atoms with E-state index in [0.29, 0.717) is 6.04 Å². The van der Waals surface area contributed by atoms with Crippen LogP contribution in [0.2, 0.25) is 5.02 Å². The molecule has 3 rings (SSSR count). The number of halogens is 1. The minimum atomic E-state index is -0.432. The Morgan fingerprint density at radius 2 is 1.92 bits per heavy atom. The molecule has 1 fully saturated rings. The van der Waals surface area contributed by atoms with Gasteiger partial charge in [-0.3, -0.25) is 0 Å². The van der Waals surface area contributed by atoms with Crippen molar-refractivity contribution in [2.75, 3.05) is 24.5 Å². The maximum absolute atomic E-state index is 12.2. The number of aryl methyl sites for hydroxylation is 1. The Morgan fingerprint density at radius 1 is 1.21 bits per heavy atom. The quantitative estimate of drug-likeness (QED) is 0.748. The van der Waals surface area contributed by atoms with Gasteiger partial charge in [0.2, 0.25) is 0 Å². The van der Waals surface area contributed by atoms with Crippen LogP contribution in [0.15, 0.2) is 18.2 Å². The van der Waals surface area contributed by atoms with Crippen LogP contribution in [0.4, 0.5) is 10.5 Å². The maximum atomic E-state index is 12.2. The maximum Gasteiger partial charge on any atom is 0.410 e. The van der Waals surface area contributed by atoms with Crippen molar-refractivity contribution in [1.29, 1.82) is 0 Å². The summed E-state index contributed by atoms with van der Waals surface area (Å²) in [7, 11) is 0. The predicted octanol–water partition coefficient (Wildman–Crippen LogP) is 4.49. The zero-order valence-corrected chi connectivity index (χ0v) is 15.6. The summed E-state index contributed by atoms with van der Waals surface area (Å²) in [6, 6.07) is 6.72. The summed E-state index contributed by atoms with van der Waals surface area (Å²) in [5.74, 6) is 0. The number of likely N-dealkylation sites (tertiary alicyclic amines) is 1. The van der Waals surface area contributed by atoms with E-state index in [9.17, 15) is 4.79 Å². The zero-order chi connectivity index (χ0) is 17.3. The summed E-state index contributed by atoms with van der Waals surface area (Å²) in [4.78, 5) is 16.6. The van der Waals surface area contributed by atoms with Crippen LogP contribution in [-0.2, 0) is 11.2 Å². The number of piperidine rings is 1. The Morgan fingerprint density at radius 3 is 2.58 bits per heavy atom. The lowest BCUT2D eigenvalue weighted by atomic mass is 9.96. The molecule has 1 amide bonds. The second-order valence-electron chi connectivity index (χ2n) is 7.77. The highest BCUT2D eigenvalue weighted by Gasteiger charge is 2.31. The van der Waals surface area contributed by atoms with Crippen molar-refractivity contribution in [2.24, 2.45) is 0 Å². The number of carbonyl (C=O) groups is 1. The normalized spacial score (nSPS) is 19.2. The van der Waals surface area contributed by atoms with Gasteiger partial charge in [-0.2, -0.15) is 0 Å². The van der Waals surface area contributed by atoms with Crippen LogP contribution in [0.1, 0.15) is 45.6 Å². The Hall–Kier alpha value is -1.42. The van der Waals surface area contributed by atoms with Crippen LogP contribution in [0.5, 0.6) is 0 Å². The molecular formula is C19H27ClN2O2. The predicted molar refractivity (Wildman–Crippen MR) is 97.9 cm³/mol. The van der Waals surface area contributed by atoms with Crippen LogP contribution in [-0.4, -0.2) is 42.3 Å². The van der Waals surface area contributed by atoms with E-state index >= 15 is 0 Å². The Kier molecular flexibility index (Phi) is 4.95. The minimum absolute atomic E-state index is 0.188. The molecule has 1 saturated heterocycles. The highest BCUT2D eigenvalue weighted by molar-refractivity contribution is 6.30. The molecule has 24 heavy (non-hydrogen) atoms. The molecule has 4 nitrogen and oxygen atoms in total. The highest BCUT2D eigenvalue weighted by atomic mass is 35.5. The summed E-state index contributed by atoms with van der Waals surface area (Å²) in [5.41, 5.74) is 2.24. The van der Waals surface area contributed by atoms with Gasteiger partial charge in [0.1, 0.15) is 5.60 Å². The lowest BCUT2D eigenvalue weighted by Crippen LogP contribution is -2.49. The number of hydrogen-bond donors (Lipinski definition) is 0.